The van der Waals surface area contributed by atoms with Gasteiger partial charge in [-0.05, 0) is 52.0 Å². The molecule has 1 aliphatic carbocycles. The molecule has 17 heavy (non-hydrogen) atoms. The Kier molecular flexibility index (Phi) is 4.79. The van der Waals surface area contributed by atoms with Crippen LogP contribution in [0.4, 0.5) is 0 Å². The van der Waals surface area contributed by atoms with E-state index in [2.05, 4.69) is 39.6 Å². The fraction of sp³-hybridized carbons (Fsp3) is 0.867. The van der Waals surface area contributed by atoms with Gasteiger partial charge < -0.3 is 10.1 Å². The van der Waals surface area contributed by atoms with Crippen LogP contribution in [0.5, 0.6) is 0 Å². The second kappa shape index (κ2) is 5.53. The predicted molar refractivity (Wildman–Crippen MR) is 74.3 cm³/mol. The summed E-state index contributed by atoms with van der Waals surface area (Å²) in [5.41, 5.74) is 1.61. The van der Waals surface area contributed by atoms with Crippen molar-refractivity contribution in [2.45, 2.75) is 65.0 Å². The maximum atomic E-state index is 6.15. The van der Waals surface area contributed by atoms with Crippen molar-refractivity contribution in [1.82, 2.24) is 5.32 Å². The maximum Gasteiger partial charge on any atom is 0.0873 e. The zero-order chi connectivity index (χ0) is 13.1. The Hall–Kier alpha value is -0.340. The molecule has 1 atom stereocenters. The molecule has 0 spiro atoms. The average Bonchev–Trinajstić information content (AvgIpc) is 2.23. The van der Waals surface area contributed by atoms with Crippen molar-refractivity contribution in [2.75, 3.05) is 13.7 Å². The zero-order valence-electron chi connectivity index (χ0n) is 12.2. The van der Waals surface area contributed by atoms with E-state index in [-0.39, 0.29) is 11.6 Å². The molecule has 0 radical (unpaired) electrons. The van der Waals surface area contributed by atoms with E-state index in [1.807, 2.05) is 7.05 Å². The Morgan fingerprint density at radius 1 is 1.29 bits per heavy atom. The molecule has 0 aromatic heterocycles. The van der Waals surface area contributed by atoms with E-state index >= 15 is 0 Å². The van der Waals surface area contributed by atoms with Crippen molar-refractivity contribution >= 4 is 0 Å². The van der Waals surface area contributed by atoms with Crippen molar-refractivity contribution in [2.24, 2.45) is 5.41 Å². The number of ether oxygens (including phenoxy) is 1. The second-order valence-corrected chi connectivity index (χ2v) is 6.23. The summed E-state index contributed by atoms with van der Waals surface area (Å²) in [6.07, 6.45) is 4.73. The Bertz CT molecular complexity index is 260. The lowest BCUT2D eigenvalue weighted by atomic mass is 9.67. The molecule has 2 heteroatoms. The Labute approximate surface area is 107 Å². The molecule has 0 amide bonds. The monoisotopic (exact) mass is 239 g/mol. The van der Waals surface area contributed by atoms with Crippen molar-refractivity contribution in [3.8, 4) is 0 Å². The van der Waals surface area contributed by atoms with Gasteiger partial charge in [0.1, 0.15) is 0 Å². The molecule has 1 unspecified atom stereocenters. The summed E-state index contributed by atoms with van der Waals surface area (Å²) >= 11 is 0. The highest BCUT2D eigenvalue weighted by Crippen LogP contribution is 2.44. The molecular formula is C15H29NO. The fourth-order valence-corrected chi connectivity index (χ4v) is 3.11. The smallest absolute Gasteiger partial charge is 0.0873 e. The first kappa shape index (κ1) is 14.7. The quantitative estimate of drug-likeness (QED) is 0.741. The molecule has 1 aliphatic rings. The summed E-state index contributed by atoms with van der Waals surface area (Å²) in [5, 5.41) is 3.40. The molecule has 0 saturated heterocycles. The van der Waals surface area contributed by atoms with Crippen LogP contribution in [0, 0.1) is 5.41 Å². The van der Waals surface area contributed by atoms with Crippen molar-refractivity contribution < 1.29 is 4.74 Å². The van der Waals surface area contributed by atoms with Crippen LogP contribution in [-0.2, 0) is 4.74 Å². The number of nitrogens with one attached hydrogen (secondary N) is 1. The van der Waals surface area contributed by atoms with Gasteiger partial charge in [0, 0.05) is 6.61 Å². The van der Waals surface area contributed by atoms with Gasteiger partial charge in [-0.1, -0.05) is 26.0 Å². The lowest BCUT2D eigenvalue weighted by molar-refractivity contribution is -0.0975. The van der Waals surface area contributed by atoms with Crippen LogP contribution in [0.15, 0.2) is 12.2 Å². The van der Waals surface area contributed by atoms with E-state index < -0.39 is 0 Å². The molecule has 0 bridgehead atoms. The Morgan fingerprint density at radius 2 is 1.82 bits per heavy atom. The third kappa shape index (κ3) is 3.32. The second-order valence-electron chi connectivity index (χ2n) is 6.23. The number of hydrogen-bond donors (Lipinski definition) is 1. The largest absolute Gasteiger partial charge is 0.373 e. The van der Waals surface area contributed by atoms with Gasteiger partial charge in [0.25, 0.3) is 0 Å². The van der Waals surface area contributed by atoms with Gasteiger partial charge in [-0.15, -0.1) is 0 Å². The highest BCUT2D eigenvalue weighted by Gasteiger charge is 2.44. The first-order valence-electron chi connectivity index (χ1n) is 6.83. The molecule has 0 aromatic carbocycles. The molecule has 0 aliphatic heterocycles. The summed E-state index contributed by atoms with van der Waals surface area (Å²) in [6, 6.07) is 0.276. The molecule has 1 rings (SSSR count). The molecule has 1 saturated carbocycles. The summed E-state index contributed by atoms with van der Waals surface area (Å²) in [6.45, 7) is 13.8. The predicted octanol–water partition coefficient (Wildman–Crippen LogP) is 3.53. The molecule has 1 N–H and O–H groups in total. The summed E-state index contributed by atoms with van der Waals surface area (Å²) in [5.74, 6) is 0. The summed E-state index contributed by atoms with van der Waals surface area (Å²) in [7, 11) is 2.01. The van der Waals surface area contributed by atoms with Crippen molar-refractivity contribution in [3.05, 3.63) is 12.2 Å². The van der Waals surface area contributed by atoms with E-state index in [0.29, 0.717) is 5.41 Å². The summed E-state index contributed by atoms with van der Waals surface area (Å²) in [4.78, 5) is 0. The van der Waals surface area contributed by atoms with E-state index in [1.165, 1.54) is 18.4 Å². The lowest BCUT2D eigenvalue weighted by Crippen LogP contribution is -2.54. The normalized spacial score (nSPS) is 24.3. The lowest BCUT2D eigenvalue weighted by Gasteiger charge is -2.47. The van der Waals surface area contributed by atoms with Gasteiger partial charge in [0.05, 0.1) is 11.6 Å². The first-order valence-corrected chi connectivity index (χ1v) is 6.83. The number of likely N-dealkylation sites (N-methyl/N-ethyl adjacent to an activating group) is 1. The van der Waals surface area contributed by atoms with Gasteiger partial charge in [-0.3, -0.25) is 0 Å². The van der Waals surface area contributed by atoms with Gasteiger partial charge in [-0.2, -0.15) is 0 Å². The third-order valence-electron chi connectivity index (χ3n) is 4.19. The topological polar surface area (TPSA) is 21.3 Å². The highest BCUT2D eigenvalue weighted by molar-refractivity contribution is 5.13. The minimum absolute atomic E-state index is 0.0369. The number of rotatable bonds is 5. The van der Waals surface area contributed by atoms with Crippen molar-refractivity contribution in [3.63, 3.8) is 0 Å². The minimum Gasteiger partial charge on any atom is -0.373 e. The minimum atomic E-state index is -0.0369. The molecule has 2 nitrogen and oxygen atoms in total. The van der Waals surface area contributed by atoms with Crippen LogP contribution in [0.2, 0.25) is 0 Å². The van der Waals surface area contributed by atoms with Gasteiger partial charge >= 0.3 is 0 Å². The van der Waals surface area contributed by atoms with Crippen molar-refractivity contribution in [1.29, 1.82) is 0 Å². The first-order chi connectivity index (χ1) is 7.87. The van der Waals surface area contributed by atoms with E-state index in [4.69, 9.17) is 4.74 Å². The van der Waals surface area contributed by atoms with Crippen LogP contribution in [-0.4, -0.2) is 25.3 Å². The molecule has 0 heterocycles. The Morgan fingerprint density at radius 3 is 2.18 bits per heavy atom. The zero-order valence-corrected chi connectivity index (χ0v) is 12.2. The standard InChI is InChI=1S/C15H29NO/c1-7-17-15(13(16-6)12(2)3)10-8-14(4,5)9-11-15/h13,16H,2,7-11H2,1,3-6H3. The van der Waals surface area contributed by atoms with Crippen LogP contribution >= 0.6 is 0 Å². The SMILES string of the molecule is C=C(C)C(NC)C1(OCC)CCC(C)(C)CC1. The van der Waals surface area contributed by atoms with Crippen LogP contribution in [0.3, 0.4) is 0 Å². The fourth-order valence-electron chi connectivity index (χ4n) is 3.11. The average molecular weight is 239 g/mol. The molecule has 1 fully saturated rings. The highest BCUT2D eigenvalue weighted by atomic mass is 16.5. The van der Waals surface area contributed by atoms with Gasteiger partial charge in [0.15, 0.2) is 0 Å². The summed E-state index contributed by atoms with van der Waals surface area (Å²) < 4.78 is 6.15. The van der Waals surface area contributed by atoms with Crippen LogP contribution in [0.1, 0.15) is 53.4 Å². The van der Waals surface area contributed by atoms with Crippen LogP contribution < -0.4 is 5.32 Å². The van der Waals surface area contributed by atoms with E-state index in [0.717, 1.165) is 19.4 Å². The van der Waals surface area contributed by atoms with Crippen LogP contribution in [0.25, 0.3) is 0 Å². The molecule has 100 valence electrons. The van der Waals surface area contributed by atoms with E-state index in [1.54, 1.807) is 0 Å². The molecule has 0 aromatic rings. The third-order valence-corrected chi connectivity index (χ3v) is 4.19. The Balaban J connectivity index is 2.87. The number of hydrogen-bond acceptors (Lipinski definition) is 2. The van der Waals surface area contributed by atoms with Gasteiger partial charge in [-0.25, -0.2) is 0 Å². The van der Waals surface area contributed by atoms with E-state index in [9.17, 15) is 0 Å². The molecular weight excluding hydrogens is 210 g/mol. The van der Waals surface area contributed by atoms with Gasteiger partial charge in [0.2, 0.25) is 0 Å². The maximum absolute atomic E-state index is 6.15.